The Hall–Kier alpha value is -1.55. The summed E-state index contributed by atoms with van der Waals surface area (Å²) in [6.45, 7) is 10.7. The first kappa shape index (κ1) is 18.5. The molecule has 1 atom stereocenters. The number of rotatable bonds is 8. The van der Waals surface area contributed by atoms with Crippen molar-refractivity contribution in [1.29, 1.82) is 0 Å². The molecule has 0 heterocycles. The zero-order valence-corrected chi connectivity index (χ0v) is 14.3. The molecular formula is C18H29NO3. The fraction of sp³-hybridized carbons (Fsp3) is 0.611. The van der Waals surface area contributed by atoms with Gasteiger partial charge in [0.05, 0.1) is 12.0 Å². The summed E-state index contributed by atoms with van der Waals surface area (Å²) in [5.41, 5.74) is 0.318. The Bertz CT molecular complexity index is 466. The highest BCUT2D eigenvalue weighted by Crippen LogP contribution is 2.26. The molecule has 1 aromatic rings. The Labute approximate surface area is 133 Å². The van der Waals surface area contributed by atoms with Gasteiger partial charge in [-0.1, -0.05) is 26.0 Å². The Morgan fingerprint density at radius 1 is 1.23 bits per heavy atom. The predicted octanol–water partition coefficient (Wildman–Crippen LogP) is 2.89. The van der Waals surface area contributed by atoms with Crippen LogP contribution in [0.1, 0.15) is 46.6 Å². The van der Waals surface area contributed by atoms with Crippen molar-refractivity contribution in [1.82, 2.24) is 5.32 Å². The first-order chi connectivity index (χ1) is 10.3. The molecule has 1 unspecified atom stereocenters. The highest BCUT2D eigenvalue weighted by Gasteiger charge is 2.30. The molecule has 0 bridgehead atoms. The summed E-state index contributed by atoms with van der Waals surface area (Å²) >= 11 is 0. The molecule has 1 amide bonds. The third-order valence-corrected chi connectivity index (χ3v) is 3.67. The smallest absolute Gasteiger partial charge is 0.230 e. The third-order valence-electron chi connectivity index (χ3n) is 3.67. The molecule has 124 valence electrons. The molecule has 0 spiro atoms. The molecule has 2 N–H and O–H groups in total. The van der Waals surface area contributed by atoms with Crippen LogP contribution >= 0.6 is 0 Å². The zero-order valence-electron chi connectivity index (χ0n) is 14.3. The summed E-state index contributed by atoms with van der Waals surface area (Å²) in [5.74, 6) is 1.27. The second-order valence-corrected chi connectivity index (χ2v) is 6.74. The van der Waals surface area contributed by atoms with E-state index in [4.69, 9.17) is 9.84 Å². The van der Waals surface area contributed by atoms with Crippen LogP contribution in [0.5, 0.6) is 5.75 Å². The van der Waals surface area contributed by atoms with Crippen LogP contribution in [-0.4, -0.2) is 30.3 Å². The number of carbonyl (C=O) groups is 1. The SMILES string of the molecule is CC(C)COc1ccc(C(C)(C)C(=O)NC(C)CCO)cc1. The summed E-state index contributed by atoms with van der Waals surface area (Å²) in [7, 11) is 0. The molecule has 0 fully saturated rings. The zero-order chi connectivity index (χ0) is 16.8. The van der Waals surface area contributed by atoms with Crippen molar-refractivity contribution < 1.29 is 14.6 Å². The van der Waals surface area contributed by atoms with Crippen LogP contribution in [0.4, 0.5) is 0 Å². The lowest BCUT2D eigenvalue weighted by Gasteiger charge is -2.26. The van der Waals surface area contributed by atoms with Crippen molar-refractivity contribution in [2.24, 2.45) is 5.92 Å². The minimum Gasteiger partial charge on any atom is -0.493 e. The van der Waals surface area contributed by atoms with Crippen molar-refractivity contribution >= 4 is 5.91 Å². The number of ether oxygens (including phenoxy) is 1. The average Bonchev–Trinajstić information content (AvgIpc) is 2.45. The van der Waals surface area contributed by atoms with Gasteiger partial charge in [0, 0.05) is 12.6 Å². The molecule has 0 aliphatic carbocycles. The number of benzene rings is 1. The predicted molar refractivity (Wildman–Crippen MR) is 89.1 cm³/mol. The van der Waals surface area contributed by atoms with Gasteiger partial charge in [-0.2, -0.15) is 0 Å². The fourth-order valence-electron chi connectivity index (χ4n) is 2.03. The average molecular weight is 307 g/mol. The van der Waals surface area contributed by atoms with Crippen LogP contribution in [0, 0.1) is 5.92 Å². The molecule has 0 aliphatic heterocycles. The molecule has 22 heavy (non-hydrogen) atoms. The standard InChI is InChI=1S/C18H29NO3/c1-13(2)12-22-16-8-6-15(7-9-16)18(4,5)17(21)19-14(3)10-11-20/h6-9,13-14,20H,10-12H2,1-5H3,(H,19,21). The van der Waals surface area contributed by atoms with E-state index in [2.05, 4.69) is 19.2 Å². The van der Waals surface area contributed by atoms with Crippen molar-refractivity contribution in [2.75, 3.05) is 13.2 Å². The van der Waals surface area contributed by atoms with Gasteiger partial charge in [0.1, 0.15) is 5.75 Å². The minimum atomic E-state index is -0.625. The van der Waals surface area contributed by atoms with Gasteiger partial charge in [-0.05, 0) is 50.8 Å². The molecule has 0 aromatic heterocycles. The largest absolute Gasteiger partial charge is 0.493 e. The molecule has 1 aromatic carbocycles. The summed E-state index contributed by atoms with van der Waals surface area (Å²) in [5, 5.41) is 11.9. The first-order valence-electron chi connectivity index (χ1n) is 7.92. The molecule has 0 saturated heterocycles. The van der Waals surface area contributed by atoms with Crippen molar-refractivity contribution in [2.45, 2.75) is 52.5 Å². The minimum absolute atomic E-state index is 0.0366. The number of carbonyl (C=O) groups excluding carboxylic acids is 1. The quantitative estimate of drug-likeness (QED) is 0.776. The maximum atomic E-state index is 12.4. The maximum Gasteiger partial charge on any atom is 0.230 e. The van der Waals surface area contributed by atoms with E-state index in [0.29, 0.717) is 18.9 Å². The van der Waals surface area contributed by atoms with E-state index in [1.165, 1.54) is 0 Å². The van der Waals surface area contributed by atoms with Gasteiger partial charge < -0.3 is 15.2 Å². The van der Waals surface area contributed by atoms with Crippen molar-refractivity contribution in [3.05, 3.63) is 29.8 Å². The van der Waals surface area contributed by atoms with E-state index in [-0.39, 0.29) is 18.6 Å². The van der Waals surface area contributed by atoms with Crippen LogP contribution in [0.2, 0.25) is 0 Å². The van der Waals surface area contributed by atoms with E-state index < -0.39 is 5.41 Å². The van der Waals surface area contributed by atoms with Crippen molar-refractivity contribution in [3.8, 4) is 5.75 Å². The Balaban J connectivity index is 2.73. The summed E-state index contributed by atoms with van der Waals surface area (Å²) < 4.78 is 5.66. The van der Waals surface area contributed by atoms with Gasteiger partial charge in [-0.15, -0.1) is 0 Å². The lowest BCUT2D eigenvalue weighted by atomic mass is 9.83. The highest BCUT2D eigenvalue weighted by molar-refractivity contribution is 5.87. The molecule has 0 aliphatic rings. The third kappa shape index (κ3) is 5.34. The highest BCUT2D eigenvalue weighted by atomic mass is 16.5. The number of hydrogen-bond donors (Lipinski definition) is 2. The van der Waals surface area contributed by atoms with Gasteiger partial charge in [0.2, 0.25) is 5.91 Å². The number of nitrogens with one attached hydrogen (secondary N) is 1. The van der Waals surface area contributed by atoms with E-state index in [1.54, 1.807) is 0 Å². The van der Waals surface area contributed by atoms with Crippen LogP contribution in [0.15, 0.2) is 24.3 Å². The van der Waals surface area contributed by atoms with Crippen LogP contribution in [0.25, 0.3) is 0 Å². The van der Waals surface area contributed by atoms with E-state index >= 15 is 0 Å². The monoisotopic (exact) mass is 307 g/mol. The molecule has 4 nitrogen and oxygen atoms in total. The van der Waals surface area contributed by atoms with Crippen LogP contribution in [0.3, 0.4) is 0 Å². The number of aliphatic hydroxyl groups excluding tert-OH is 1. The topological polar surface area (TPSA) is 58.6 Å². The van der Waals surface area contributed by atoms with Gasteiger partial charge in [-0.25, -0.2) is 0 Å². The normalized spacial score (nSPS) is 13.0. The lowest BCUT2D eigenvalue weighted by Crippen LogP contribution is -2.44. The molecule has 1 rings (SSSR count). The Kier molecular flexibility index (Phi) is 6.88. The fourth-order valence-corrected chi connectivity index (χ4v) is 2.03. The second kappa shape index (κ2) is 8.18. The van der Waals surface area contributed by atoms with Crippen molar-refractivity contribution in [3.63, 3.8) is 0 Å². The molecule has 0 radical (unpaired) electrons. The van der Waals surface area contributed by atoms with Crippen LogP contribution < -0.4 is 10.1 Å². The van der Waals surface area contributed by atoms with Gasteiger partial charge >= 0.3 is 0 Å². The van der Waals surface area contributed by atoms with Gasteiger partial charge in [-0.3, -0.25) is 4.79 Å². The molecule has 4 heteroatoms. The lowest BCUT2D eigenvalue weighted by molar-refractivity contribution is -0.126. The first-order valence-corrected chi connectivity index (χ1v) is 7.92. The number of amides is 1. The Morgan fingerprint density at radius 2 is 1.82 bits per heavy atom. The summed E-state index contributed by atoms with van der Waals surface area (Å²) in [6, 6.07) is 7.65. The summed E-state index contributed by atoms with van der Waals surface area (Å²) in [4.78, 5) is 12.4. The number of hydrogen-bond acceptors (Lipinski definition) is 3. The second-order valence-electron chi connectivity index (χ2n) is 6.74. The van der Waals surface area contributed by atoms with Gasteiger partial charge in [0.25, 0.3) is 0 Å². The van der Waals surface area contributed by atoms with E-state index in [0.717, 1.165) is 11.3 Å². The maximum absolute atomic E-state index is 12.4. The molecule has 0 saturated carbocycles. The van der Waals surface area contributed by atoms with E-state index in [9.17, 15) is 4.79 Å². The molecular weight excluding hydrogens is 278 g/mol. The Morgan fingerprint density at radius 3 is 2.32 bits per heavy atom. The summed E-state index contributed by atoms with van der Waals surface area (Å²) in [6.07, 6.45) is 0.559. The number of aliphatic hydroxyl groups is 1. The van der Waals surface area contributed by atoms with E-state index in [1.807, 2.05) is 45.0 Å². The van der Waals surface area contributed by atoms with Crippen LogP contribution in [-0.2, 0) is 10.2 Å². The van der Waals surface area contributed by atoms with Gasteiger partial charge in [0.15, 0.2) is 0 Å².